The predicted octanol–water partition coefficient (Wildman–Crippen LogP) is 3.71. The van der Waals surface area contributed by atoms with Gasteiger partial charge in [0.25, 0.3) is 0 Å². The largest absolute Gasteiger partial charge is 0.479 e. The summed E-state index contributed by atoms with van der Waals surface area (Å²) in [6, 6.07) is 7.41. The minimum Gasteiger partial charge on any atom is -0.479 e. The standard InChI is InChI=1S/C34H42N6O7/c41-30-29-19-26(47-36-21-23-11-6-9-16-28(23)40-18-10-17-35-40)22-39(29)31(42)27(37-33(45)46-25-13-7-8-14-25)15-5-3-1-2-4-12-24-20-34(24,38-30)32(43)44/h4,6,9-12,16-18,21,24-27,29H,1-3,5,7-8,13-15,19-20,22H2,(H,37,45)(H,38,41)(H,43,44)/b12-4-,36-21+/t24?,26-,27+,29+,34-/m1/s1. The Hall–Kier alpha value is -4.68. The van der Waals surface area contributed by atoms with Crippen LogP contribution in [0.5, 0.6) is 0 Å². The van der Waals surface area contributed by atoms with Gasteiger partial charge in [-0.15, -0.1) is 0 Å². The van der Waals surface area contributed by atoms with E-state index >= 15 is 0 Å². The Labute approximate surface area is 273 Å². The molecule has 13 nitrogen and oxygen atoms in total. The number of allylic oxidation sites excluding steroid dienone is 1. The van der Waals surface area contributed by atoms with E-state index in [0.717, 1.165) is 56.2 Å². The Morgan fingerprint density at radius 1 is 1.06 bits per heavy atom. The van der Waals surface area contributed by atoms with Crippen molar-refractivity contribution in [2.24, 2.45) is 11.1 Å². The molecule has 5 atom stereocenters. The summed E-state index contributed by atoms with van der Waals surface area (Å²) in [5.74, 6) is -2.44. The number of nitrogens with one attached hydrogen (secondary N) is 2. The first kappa shape index (κ1) is 32.3. The first-order valence-electron chi connectivity index (χ1n) is 16.6. The monoisotopic (exact) mass is 646 g/mol. The average molecular weight is 647 g/mol. The molecule has 0 radical (unpaired) electrons. The van der Waals surface area contributed by atoms with E-state index in [2.05, 4.69) is 20.9 Å². The molecule has 1 aromatic carbocycles. The summed E-state index contributed by atoms with van der Waals surface area (Å²) in [5, 5.41) is 24.1. The number of carboxylic acid groups (broad SMARTS) is 1. The van der Waals surface area contributed by atoms with Crippen LogP contribution < -0.4 is 10.6 Å². The van der Waals surface area contributed by atoms with Crippen molar-refractivity contribution in [2.75, 3.05) is 6.54 Å². The maximum absolute atomic E-state index is 14.1. The molecule has 3 heterocycles. The van der Waals surface area contributed by atoms with Crippen LogP contribution in [-0.2, 0) is 24.0 Å². The van der Waals surface area contributed by atoms with Gasteiger partial charge in [-0.2, -0.15) is 5.10 Å². The number of fused-ring (bicyclic) bond motifs is 2. The summed E-state index contributed by atoms with van der Waals surface area (Å²) in [5.41, 5.74) is 0.126. The number of carbonyl (C=O) groups is 4. The van der Waals surface area contributed by atoms with Gasteiger partial charge >= 0.3 is 12.1 Å². The second-order valence-electron chi connectivity index (χ2n) is 12.9. The molecule has 1 aromatic heterocycles. The molecular formula is C34H42N6O7. The topological polar surface area (TPSA) is 164 Å². The summed E-state index contributed by atoms with van der Waals surface area (Å²) in [4.78, 5) is 60.4. The summed E-state index contributed by atoms with van der Waals surface area (Å²) in [6.45, 7) is 0.0360. The fourth-order valence-corrected chi connectivity index (χ4v) is 6.86. The van der Waals surface area contributed by atoms with Gasteiger partial charge < -0.3 is 30.2 Å². The van der Waals surface area contributed by atoms with Crippen molar-refractivity contribution in [3.63, 3.8) is 0 Å². The first-order chi connectivity index (χ1) is 22.8. The normalized spacial score (nSPS) is 29.2. The van der Waals surface area contributed by atoms with Crippen molar-refractivity contribution in [2.45, 2.75) is 100 Å². The molecule has 47 heavy (non-hydrogen) atoms. The number of alkyl carbamates (subject to hydrolysis) is 1. The molecule has 1 saturated heterocycles. The number of oxime groups is 1. The van der Waals surface area contributed by atoms with Gasteiger partial charge in [0.2, 0.25) is 11.8 Å². The van der Waals surface area contributed by atoms with Crippen molar-refractivity contribution < 1.29 is 33.9 Å². The number of aliphatic carboxylic acids is 1. The number of aromatic nitrogens is 2. The lowest BCUT2D eigenvalue weighted by atomic mass is 10.0. The van der Waals surface area contributed by atoms with Crippen LogP contribution in [0.3, 0.4) is 0 Å². The van der Waals surface area contributed by atoms with E-state index in [1.807, 2.05) is 48.7 Å². The number of hydrogen-bond donors (Lipinski definition) is 3. The highest BCUT2D eigenvalue weighted by molar-refractivity contribution is 5.96. The van der Waals surface area contributed by atoms with E-state index in [9.17, 15) is 24.3 Å². The molecule has 2 aliphatic heterocycles. The van der Waals surface area contributed by atoms with E-state index in [1.165, 1.54) is 4.90 Å². The quantitative estimate of drug-likeness (QED) is 0.233. The molecule has 6 rings (SSSR count). The van der Waals surface area contributed by atoms with E-state index < -0.39 is 47.6 Å². The molecule has 13 heteroatoms. The van der Waals surface area contributed by atoms with Crippen molar-refractivity contribution in [1.29, 1.82) is 0 Å². The molecule has 4 aliphatic rings. The van der Waals surface area contributed by atoms with E-state index in [1.54, 1.807) is 17.1 Å². The second-order valence-corrected chi connectivity index (χ2v) is 12.9. The number of amides is 3. The number of ether oxygens (including phenoxy) is 1. The summed E-state index contributed by atoms with van der Waals surface area (Å²) in [6.07, 6.45) is 14.9. The minimum atomic E-state index is -1.42. The number of para-hydroxylation sites is 1. The van der Waals surface area contributed by atoms with Crippen molar-refractivity contribution in [1.82, 2.24) is 25.3 Å². The zero-order chi connectivity index (χ0) is 32.8. The summed E-state index contributed by atoms with van der Waals surface area (Å²) in [7, 11) is 0. The molecule has 3 amide bonds. The molecule has 0 spiro atoms. The van der Waals surface area contributed by atoms with Crippen LogP contribution in [-0.4, -0.2) is 86.3 Å². The minimum absolute atomic E-state index is 0.0360. The Morgan fingerprint density at radius 2 is 1.87 bits per heavy atom. The van der Waals surface area contributed by atoms with Crippen LogP contribution in [0.4, 0.5) is 4.79 Å². The number of rotatable bonds is 7. The van der Waals surface area contributed by atoms with Gasteiger partial charge in [0.05, 0.1) is 18.4 Å². The summed E-state index contributed by atoms with van der Waals surface area (Å²) < 4.78 is 7.32. The predicted molar refractivity (Wildman–Crippen MR) is 171 cm³/mol. The molecule has 2 aromatic rings. The van der Waals surface area contributed by atoms with E-state index in [4.69, 9.17) is 9.57 Å². The van der Waals surface area contributed by atoms with Gasteiger partial charge in [0.15, 0.2) is 0 Å². The Bertz CT molecular complexity index is 1500. The van der Waals surface area contributed by atoms with Gasteiger partial charge in [0.1, 0.15) is 29.8 Å². The molecule has 250 valence electrons. The van der Waals surface area contributed by atoms with Crippen LogP contribution in [0.1, 0.15) is 76.2 Å². The molecule has 3 N–H and O–H groups in total. The Kier molecular flexibility index (Phi) is 9.88. The third-order valence-corrected chi connectivity index (χ3v) is 9.58. The van der Waals surface area contributed by atoms with Crippen LogP contribution in [0.15, 0.2) is 60.0 Å². The van der Waals surface area contributed by atoms with Crippen LogP contribution >= 0.6 is 0 Å². The summed E-state index contributed by atoms with van der Waals surface area (Å²) >= 11 is 0. The van der Waals surface area contributed by atoms with Crippen molar-refractivity contribution >= 4 is 30.1 Å². The van der Waals surface area contributed by atoms with Gasteiger partial charge in [0, 0.05) is 30.3 Å². The number of nitrogens with zero attached hydrogens (tertiary/aromatic N) is 4. The third kappa shape index (κ3) is 7.50. The van der Waals surface area contributed by atoms with Crippen LogP contribution in [0, 0.1) is 5.92 Å². The Morgan fingerprint density at radius 3 is 2.66 bits per heavy atom. The third-order valence-electron chi connectivity index (χ3n) is 9.58. The van der Waals surface area contributed by atoms with Crippen molar-refractivity contribution in [3.8, 4) is 5.69 Å². The number of carboxylic acids is 1. The van der Waals surface area contributed by atoms with Gasteiger partial charge in [-0.3, -0.25) is 9.59 Å². The van der Waals surface area contributed by atoms with Crippen LogP contribution in [0.25, 0.3) is 5.69 Å². The molecule has 2 aliphatic carbocycles. The fourth-order valence-electron chi connectivity index (χ4n) is 6.86. The maximum atomic E-state index is 14.1. The first-order valence-corrected chi connectivity index (χ1v) is 16.6. The maximum Gasteiger partial charge on any atom is 0.408 e. The molecular weight excluding hydrogens is 604 g/mol. The molecule has 0 bridgehead atoms. The molecule has 2 saturated carbocycles. The van der Waals surface area contributed by atoms with Gasteiger partial charge in [-0.05, 0) is 63.5 Å². The zero-order valence-electron chi connectivity index (χ0n) is 26.3. The van der Waals surface area contributed by atoms with Gasteiger partial charge in [-0.1, -0.05) is 48.3 Å². The number of hydrogen-bond acceptors (Lipinski definition) is 8. The number of benzene rings is 1. The van der Waals surface area contributed by atoms with E-state index in [0.29, 0.717) is 12.8 Å². The zero-order valence-corrected chi connectivity index (χ0v) is 26.3. The second kappa shape index (κ2) is 14.4. The average Bonchev–Trinajstić information content (AvgIpc) is 3.55. The molecule has 3 fully saturated rings. The smallest absolute Gasteiger partial charge is 0.408 e. The number of carbonyl (C=O) groups excluding carboxylic acids is 3. The lowest BCUT2D eigenvalue weighted by Gasteiger charge is -2.29. The van der Waals surface area contributed by atoms with E-state index in [-0.39, 0.29) is 31.4 Å². The highest BCUT2D eigenvalue weighted by atomic mass is 16.6. The fraction of sp³-hybridized carbons (Fsp3) is 0.529. The van der Waals surface area contributed by atoms with Crippen LogP contribution in [0.2, 0.25) is 0 Å². The highest BCUT2D eigenvalue weighted by Gasteiger charge is 2.61. The molecule has 1 unspecified atom stereocenters. The Balaban J connectivity index is 1.22. The van der Waals surface area contributed by atoms with Crippen molar-refractivity contribution in [3.05, 3.63) is 60.4 Å². The lowest BCUT2D eigenvalue weighted by Crippen LogP contribution is -2.56. The highest BCUT2D eigenvalue weighted by Crippen LogP contribution is 2.45. The van der Waals surface area contributed by atoms with Gasteiger partial charge in [-0.25, -0.2) is 14.3 Å². The SMILES string of the molecule is O=C(N[C@H]1CCCCC/C=C\C2C[C@@]2(C(=O)O)NC(=O)[C@@H]2C[C@@H](O/N=C/c3ccccc3-n3cccn3)CN2C1=O)OC1CCCC1. The lowest BCUT2D eigenvalue weighted by molar-refractivity contribution is -0.145.